The molecule has 1 aromatic heterocycles. The fourth-order valence-corrected chi connectivity index (χ4v) is 1.74. The lowest BCUT2D eigenvalue weighted by molar-refractivity contribution is 1.05. The molecule has 0 aliphatic carbocycles. The van der Waals surface area contributed by atoms with Gasteiger partial charge in [0.05, 0.1) is 6.20 Å². The Kier molecular flexibility index (Phi) is 2.65. The van der Waals surface area contributed by atoms with Crippen molar-refractivity contribution in [1.29, 1.82) is 0 Å². The van der Waals surface area contributed by atoms with Crippen LogP contribution in [0.3, 0.4) is 0 Å². The predicted octanol–water partition coefficient (Wildman–Crippen LogP) is 2.21. The Morgan fingerprint density at radius 3 is 2.50 bits per heavy atom. The van der Waals surface area contributed by atoms with Crippen molar-refractivity contribution in [2.75, 3.05) is 5.73 Å². The molecule has 0 unspecified atom stereocenters. The Morgan fingerprint density at radius 1 is 1.07 bits per heavy atom. The summed E-state index contributed by atoms with van der Waals surface area (Å²) >= 11 is 1.57. The number of anilines is 1. The molecule has 2 rings (SSSR count). The van der Waals surface area contributed by atoms with E-state index in [2.05, 4.69) is 9.97 Å². The summed E-state index contributed by atoms with van der Waals surface area (Å²) in [6.07, 6.45) is 5.08. The summed E-state index contributed by atoms with van der Waals surface area (Å²) in [5.74, 6) is 0. The van der Waals surface area contributed by atoms with Gasteiger partial charge in [0.1, 0.15) is 5.03 Å². The van der Waals surface area contributed by atoms with Crippen molar-refractivity contribution in [1.82, 2.24) is 9.97 Å². The first-order chi connectivity index (χ1) is 6.84. The Labute approximate surface area is 86.4 Å². The maximum Gasteiger partial charge on any atom is 0.119 e. The zero-order valence-electron chi connectivity index (χ0n) is 7.42. The van der Waals surface area contributed by atoms with Gasteiger partial charge < -0.3 is 5.73 Å². The van der Waals surface area contributed by atoms with Crippen molar-refractivity contribution in [3.8, 4) is 0 Å². The summed E-state index contributed by atoms with van der Waals surface area (Å²) in [5.41, 5.74) is 6.35. The molecule has 14 heavy (non-hydrogen) atoms. The highest BCUT2D eigenvalue weighted by Crippen LogP contribution is 2.25. The molecule has 0 atom stereocenters. The molecule has 0 radical (unpaired) electrons. The average molecular weight is 203 g/mol. The van der Waals surface area contributed by atoms with Crippen molar-refractivity contribution in [3.63, 3.8) is 0 Å². The van der Waals surface area contributed by atoms with Gasteiger partial charge in [-0.1, -0.05) is 11.8 Å². The van der Waals surface area contributed by atoms with Crippen LogP contribution in [0.1, 0.15) is 0 Å². The SMILES string of the molecule is Nc1ccc(Sc2cnccn2)cc1. The fourth-order valence-electron chi connectivity index (χ4n) is 0.995. The standard InChI is InChI=1S/C10H9N3S/c11-8-1-3-9(4-2-8)14-10-7-12-5-6-13-10/h1-7H,11H2. The van der Waals surface area contributed by atoms with Gasteiger partial charge in [-0.2, -0.15) is 0 Å². The minimum Gasteiger partial charge on any atom is -0.399 e. The maximum atomic E-state index is 5.58. The molecule has 0 amide bonds. The molecule has 0 saturated heterocycles. The first kappa shape index (κ1) is 9.02. The van der Waals surface area contributed by atoms with E-state index in [1.807, 2.05) is 24.3 Å². The Morgan fingerprint density at radius 2 is 1.86 bits per heavy atom. The molecule has 0 bridgehead atoms. The quantitative estimate of drug-likeness (QED) is 0.760. The van der Waals surface area contributed by atoms with E-state index in [4.69, 9.17) is 5.73 Å². The number of nitrogens with two attached hydrogens (primary N) is 1. The third-order valence-corrected chi connectivity index (χ3v) is 2.57. The van der Waals surface area contributed by atoms with Gasteiger partial charge in [-0.25, -0.2) is 4.98 Å². The van der Waals surface area contributed by atoms with E-state index in [1.54, 1.807) is 30.4 Å². The number of nitrogen functional groups attached to an aromatic ring is 1. The van der Waals surface area contributed by atoms with Crippen LogP contribution in [-0.2, 0) is 0 Å². The van der Waals surface area contributed by atoms with E-state index in [-0.39, 0.29) is 0 Å². The Balaban J connectivity index is 2.16. The van der Waals surface area contributed by atoms with E-state index < -0.39 is 0 Å². The molecule has 1 heterocycles. The van der Waals surface area contributed by atoms with Crippen LogP contribution < -0.4 is 5.73 Å². The van der Waals surface area contributed by atoms with E-state index in [0.29, 0.717) is 0 Å². The highest BCUT2D eigenvalue weighted by atomic mass is 32.2. The molecule has 1 aromatic carbocycles. The van der Waals surface area contributed by atoms with E-state index in [0.717, 1.165) is 15.6 Å². The van der Waals surface area contributed by atoms with Gasteiger partial charge in [-0.15, -0.1) is 0 Å². The zero-order chi connectivity index (χ0) is 9.80. The Hall–Kier alpha value is -1.55. The molecule has 3 nitrogen and oxygen atoms in total. The summed E-state index contributed by atoms with van der Waals surface area (Å²) in [6, 6.07) is 7.68. The molecule has 0 aliphatic rings. The third kappa shape index (κ3) is 2.23. The molecular formula is C10H9N3S. The second-order valence-corrected chi connectivity index (χ2v) is 3.81. The van der Waals surface area contributed by atoms with Crippen molar-refractivity contribution in [2.45, 2.75) is 9.92 Å². The normalized spacial score (nSPS) is 10.0. The molecule has 2 N–H and O–H groups in total. The number of hydrogen-bond acceptors (Lipinski definition) is 4. The van der Waals surface area contributed by atoms with Gasteiger partial charge in [0.25, 0.3) is 0 Å². The van der Waals surface area contributed by atoms with Crippen LogP contribution >= 0.6 is 11.8 Å². The zero-order valence-corrected chi connectivity index (χ0v) is 8.24. The van der Waals surface area contributed by atoms with Crippen LogP contribution in [0.15, 0.2) is 52.8 Å². The highest BCUT2D eigenvalue weighted by molar-refractivity contribution is 7.99. The number of benzene rings is 1. The first-order valence-corrected chi connectivity index (χ1v) is 4.95. The smallest absolute Gasteiger partial charge is 0.119 e. The van der Waals surface area contributed by atoms with Gasteiger partial charge in [0.2, 0.25) is 0 Å². The van der Waals surface area contributed by atoms with Crippen LogP contribution in [0.5, 0.6) is 0 Å². The summed E-state index contributed by atoms with van der Waals surface area (Å²) in [6.45, 7) is 0. The lowest BCUT2D eigenvalue weighted by Crippen LogP contribution is -1.83. The van der Waals surface area contributed by atoms with Crippen molar-refractivity contribution in [3.05, 3.63) is 42.9 Å². The second kappa shape index (κ2) is 4.11. The molecule has 0 spiro atoms. The lowest BCUT2D eigenvalue weighted by atomic mass is 10.3. The Bertz CT molecular complexity index is 399. The number of aromatic nitrogens is 2. The van der Waals surface area contributed by atoms with Crippen LogP contribution in [0.2, 0.25) is 0 Å². The molecule has 0 fully saturated rings. The van der Waals surface area contributed by atoms with Gasteiger partial charge in [-0.3, -0.25) is 4.98 Å². The topological polar surface area (TPSA) is 51.8 Å². The first-order valence-electron chi connectivity index (χ1n) is 4.14. The molecule has 2 aromatic rings. The molecule has 4 heteroatoms. The molecular weight excluding hydrogens is 194 g/mol. The van der Waals surface area contributed by atoms with Gasteiger partial charge in [-0.05, 0) is 24.3 Å². The second-order valence-electron chi connectivity index (χ2n) is 2.71. The van der Waals surface area contributed by atoms with Crippen LogP contribution in [0.25, 0.3) is 0 Å². The largest absolute Gasteiger partial charge is 0.399 e. The van der Waals surface area contributed by atoms with Crippen LogP contribution in [0, 0.1) is 0 Å². The minimum atomic E-state index is 0.772. The minimum absolute atomic E-state index is 0.772. The highest BCUT2D eigenvalue weighted by Gasteiger charge is 1.97. The fraction of sp³-hybridized carbons (Fsp3) is 0. The molecule has 0 aliphatic heterocycles. The van der Waals surface area contributed by atoms with E-state index >= 15 is 0 Å². The van der Waals surface area contributed by atoms with Gasteiger partial charge >= 0.3 is 0 Å². The van der Waals surface area contributed by atoms with Crippen molar-refractivity contribution in [2.24, 2.45) is 0 Å². The molecule has 70 valence electrons. The number of nitrogens with zero attached hydrogens (tertiary/aromatic N) is 2. The number of hydrogen-bond donors (Lipinski definition) is 1. The molecule has 0 saturated carbocycles. The monoisotopic (exact) mass is 203 g/mol. The average Bonchev–Trinajstić information content (AvgIpc) is 2.23. The van der Waals surface area contributed by atoms with Crippen molar-refractivity contribution >= 4 is 17.4 Å². The van der Waals surface area contributed by atoms with Crippen molar-refractivity contribution < 1.29 is 0 Å². The third-order valence-electron chi connectivity index (χ3n) is 1.64. The predicted molar refractivity (Wildman–Crippen MR) is 57.0 cm³/mol. The number of rotatable bonds is 2. The summed E-state index contributed by atoms with van der Waals surface area (Å²) in [5, 5.41) is 0.886. The summed E-state index contributed by atoms with van der Waals surface area (Å²) in [7, 11) is 0. The maximum absolute atomic E-state index is 5.58. The van der Waals surface area contributed by atoms with Crippen LogP contribution in [-0.4, -0.2) is 9.97 Å². The van der Waals surface area contributed by atoms with Crippen LogP contribution in [0.4, 0.5) is 5.69 Å². The summed E-state index contributed by atoms with van der Waals surface area (Å²) < 4.78 is 0. The lowest BCUT2D eigenvalue weighted by Gasteiger charge is -1.99. The van der Waals surface area contributed by atoms with Gasteiger partial charge in [0, 0.05) is 23.0 Å². The summed E-state index contributed by atoms with van der Waals surface area (Å²) in [4.78, 5) is 9.27. The van der Waals surface area contributed by atoms with E-state index in [1.165, 1.54) is 0 Å². The van der Waals surface area contributed by atoms with Gasteiger partial charge in [0.15, 0.2) is 0 Å². The van der Waals surface area contributed by atoms with E-state index in [9.17, 15) is 0 Å².